The Kier molecular flexibility index (Phi) is 6.68. The van der Waals surface area contributed by atoms with Crippen molar-refractivity contribution in [2.75, 3.05) is 26.8 Å². The molecule has 1 aromatic heterocycles. The molecule has 0 aromatic carbocycles. The topological polar surface area (TPSA) is 56.1 Å². The fourth-order valence-electron chi connectivity index (χ4n) is 1.38. The van der Waals surface area contributed by atoms with E-state index in [2.05, 4.69) is 10.3 Å². The highest BCUT2D eigenvalue weighted by atomic mass is 127. The van der Waals surface area contributed by atoms with Crippen molar-refractivity contribution in [3.63, 3.8) is 0 Å². The van der Waals surface area contributed by atoms with Crippen LogP contribution in [0.3, 0.4) is 0 Å². The molecule has 17 heavy (non-hydrogen) atoms. The van der Waals surface area contributed by atoms with Crippen LogP contribution in [0.4, 0.5) is 0 Å². The summed E-state index contributed by atoms with van der Waals surface area (Å²) in [4.78, 5) is 16.0. The first-order valence-electron chi connectivity index (χ1n) is 5.58. The van der Waals surface area contributed by atoms with Crippen molar-refractivity contribution < 1.29 is 4.74 Å². The second kappa shape index (κ2) is 7.78. The summed E-state index contributed by atoms with van der Waals surface area (Å²) in [5.41, 5.74) is 0.847. The Morgan fingerprint density at radius 2 is 2.29 bits per heavy atom. The minimum Gasteiger partial charge on any atom is -0.383 e. The van der Waals surface area contributed by atoms with E-state index in [9.17, 15) is 4.79 Å². The zero-order valence-electron chi connectivity index (χ0n) is 10.2. The average molecular weight is 351 g/mol. The molecule has 6 heteroatoms. The highest BCUT2D eigenvalue weighted by Crippen LogP contribution is 2.01. The van der Waals surface area contributed by atoms with E-state index in [-0.39, 0.29) is 5.56 Å². The van der Waals surface area contributed by atoms with Gasteiger partial charge in [0.15, 0.2) is 0 Å². The monoisotopic (exact) mass is 351 g/mol. The van der Waals surface area contributed by atoms with Crippen LogP contribution in [0.15, 0.2) is 11.1 Å². The van der Waals surface area contributed by atoms with E-state index in [0.29, 0.717) is 16.7 Å². The van der Waals surface area contributed by atoms with Crippen molar-refractivity contribution in [2.24, 2.45) is 0 Å². The van der Waals surface area contributed by atoms with Gasteiger partial charge in [0.2, 0.25) is 0 Å². The second-order valence-electron chi connectivity index (χ2n) is 3.74. The van der Waals surface area contributed by atoms with Gasteiger partial charge in [0.25, 0.3) is 5.56 Å². The predicted molar refractivity (Wildman–Crippen MR) is 75.3 cm³/mol. The predicted octanol–water partition coefficient (Wildman–Crippen LogP) is 0.782. The SMILES string of the molecule is COCCNCCCn1cnc(C)c(I)c1=O. The molecule has 5 nitrogen and oxygen atoms in total. The number of aryl methyl sites for hydroxylation is 2. The van der Waals surface area contributed by atoms with Crippen LogP contribution in [-0.4, -0.2) is 36.4 Å². The number of ether oxygens (including phenoxy) is 1. The fourth-order valence-corrected chi connectivity index (χ4v) is 1.83. The summed E-state index contributed by atoms with van der Waals surface area (Å²) >= 11 is 2.05. The molecule has 96 valence electrons. The van der Waals surface area contributed by atoms with E-state index in [1.165, 1.54) is 0 Å². The molecule has 1 aromatic rings. The van der Waals surface area contributed by atoms with Gasteiger partial charge in [-0.3, -0.25) is 9.36 Å². The lowest BCUT2D eigenvalue weighted by molar-refractivity contribution is 0.199. The molecule has 1 rings (SSSR count). The third-order valence-corrected chi connectivity index (χ3v) is 3.63. The Bertz CT molecular complexity index is 406. The third kappa shape index (κ3) is 4.72. The van der Waals surface area contributed by atoms with Crippen LogP contribution in [0.5, 0.6) is 0 Å². The van der Waals surface area contributed by atoms with Crippen LogP contribution >= 0.6 is 22.6 Å². The molecule has 0 spiro atoms. The molecule has 0 fully saturated rings. The first-order chi connectivity index (χ1) is 8.16. The van der Waals surface area contributed by atoms with Gasteiger partial charge in [-0.1, -0.05) is 0 Å². The first-order valence-corrected chi connectivity index (χ1v) is 6.66. The van der Waals surface area contributed by atoms with E-state index in [1.807, 2.05) is 29.5 Å². The van der Waals surface area contributed by atoms with Crippen molar-refractivity contribution in [1.29, 1.82) is 0 Å². The highest BCUT2D eigenvalue weighted by Gasteiger charge is 2.04. The van der Waals surface area contributed by atoms with E-state index in [4.69, 9.17) is 4.74 Å². The lowest BCUT2D eigenvalue weighted by Crippen LogP contribution is -2.27. The average Bonchev–Trinajstić information content (AvgIpc) is 2.33. The van der Waals surface area contributed by atoms with E-state index < -0.39 is 0 Å². The lowest BCUT2D eigenvalue weighted by Gasteiger charge is -2.07. The van der Waals surface area contributed by atoms with Gasteiger partial charge in [0.05, 0.1) is 22.2 Å². The molecule has 0 saturated carbocycles. The van der Waals surface area contributed by atoms with Crippen molar-refractivity contribution in [3.05, 3.63) is 25.9 Å². The number of methoxy groups -OCH3 is 1. The van der Waals surface area contributed by atoms with Crippen molar-refractivity contribution in [2.45, 2.75) is 19.9 Å². The molecule has 0 radical (unpaired) electrons. The molecule has 0 amide bonds. The number of halogens is 1. The number of aromatic nitrogens is 2. The Morgan fingerprint density at radius 3 is 3.00 bits per heavy atom. The number of hydrogen-bond acceptors (Lipinski definition) is 4. The molecular weight excluding hydrogens is 333 g/mol. The summed E-state index contributed by atoms with van der Waals surface area (Å²) < 4.78 is 7.29. The van der Waals surface area contributed by atoms with E-state index >= 15 is 0 Å². The van der Waals surface area contributed by atoms with Crippen molar-refractivity contribution >= 4 is 22.6 Å². The molecule has 0 unspecified atom stereocenters. The molecule has 0 aliphatic rings. The van der Waals surface area contributed by atoms with Crippen LogP contribution in [0.1, 0.15) is 12.1 Å². The van der Waals surface area contributed by atoms with Gasteiger partial charge >= 0.3 is 0 Å². The minimum absolute atomic E-state index is 0.0509. The van der Waals surface area contributed by atoms with E-state index in [0.717, 1.165) is 25.2 Å². The normalized spacial score (nSPS) is 10.8. The summed E-state index contributed by atoms with van der Waals surface area (Å²) in [5, 5.41) is 3.24. The molecule has 0 bridgehead atoms. The minimum atomic E-state index is 0.0509. The Hall–Kier alpha value is -0.470. The van der Waals surface area contributed by atoms with Crippen LogP contribution in [0, 0.1) is 10.5 Å². The zero-order chi connectivity index (χ0) is 12.7. The summed E-state index contributed by atoms with van der Waals surface area (Å²) in [6.07, 6.45) is 2.53. The maximum Gasteiger partial charge on any atom is 0.266 e. The first kappa shape index (κ1) is 14.6. The zero-order valence-corrected chi connectivity index (χ0v) is 12.4. The molecule has 0 aliphatic heterocycles. The third-order valence-electron chi connectivity index (χ3n) is 2.39. The molecule has 0 atom stereocenters. The smallest absolute Gasteiger partial charge is 0.266 e. The summed E-state index contributed by atoms with van der Waals surface area (Å²) in [7, 11) is 1.68. The molecule has 1 heterocycles. The van der Waals surface area contributed by atoms with Gasteiger partial charge < -0.3 is 10.1 Å². The number of hydrogen-bond donors (Lipinski definition) is 1. The number of rotatable bonds is 7. The van der Waals surface area contributed by atoms with Crippen molar-refractivity contribution in [3.8, 4) is 0 Å². The summed E-state index contributed by atoms with van der Waals surface area (Å²) in [6.45, 7) is 4.97. The molecule has 0 saturated heterocycles. The fraction of sp³-hybridized carbons (Fsp3) is 0.636. The Balaban J connectivity index is 2.37. The van der Waals surface area contributed by atoms with Crippen LogP contribution in [0.25, 0.3) is 0 Å². The van der Waals surface area contributed by atoms with Crippen molar-refractivity contribution in [1.82, 2.24) is 14.9 Å². The maximum atomic E-state index is 11.8. The van der Waals surface area contributed by atoms with Crippen LogP contribution in [-0.2, 0) is 11.3 Å². The maximum absolute atomic E-state index is 11.8. The van der Waals surface area contributed by atoms with E-state index in [1.54, 1.807) is 18.0 Å². The number of nitrogens with zero attached hydrogens (tertiary/aromatic N) is 2. The van der Waals surface area contributed by atoms with Gasteiger partial charge in [-0.15, -0.1) is 0 Å². The molecular formula is C11H18IN3O2. The lowest BCUT2D eigenvalue weighted by atomic mass is 10.4. The second-order valence-corrected chi connectivity index (χ2v) is 4.82. The Morgan fingerprint density at radius 1 is 1.53 bits per heavy atom. The standard InChI is InChI=1S/C11H18IN3O2/c1-9-10(12)11(16)15(8-14-9)6-3-4-13-5-7-17-2/h8,13H,3-7H2,1-2H3. The van der Waals surface area contributed by atoms with Crippen LogP contribution in [0.2, 0.25) is 0 Å². The molecule has 0 aliphatic carbocycles. The quantitative estimate of drug-likeness (QED) is 0.583. The Labute approximate surface area is 115 Å². The van der Waals surface area contributed by atoms with Gasteiger partial charge in [0.1, 0.15) is 0 Å². The highest BCUT2D eigenvalue weighted by molar-refractivity contribution is 14.1. The van der Waals surface area contributed by atoms with Gasteiger partial charge in [-0.2, -0.15) is 0 Å². The number of nitrogens with one attached hydrogen (secondary N) is 1. The van der Waals surface area contributed by atoms with Gasteiger partial charge in [-0.25, -0.2) is 4.98 Å². The van der Waals surface area contributed by atoms with Gasteiger partial charge in [-0.05, 0) is 42.5 Å². The summed E-state index contributed by atoms with van der Waals surface area (Å²) in [6, 6.07) is 0. The summed E-state index contributed by atoms with van der Waals surface area (Å²) in [5.74, 6) is 0. The van der Waals surface area contributed by atoms with Gasteiger partial charge in [0, 0.05) is 20.2 Å². The largest absolute Gasteiger partial charge is 0.383 e. The molecule has 1 N–H and O–H groups in total. The van der Waals surface area contributed by atoms with Crippen LogP contribution < -0.4 is 10.9 Å².